The minimum atomic E-state index is -0.746. The van der Waals surface area contributed by atoms with Gasteiger partial charge in [0, 0.05) is 24.6 Å². The van der Waals surface area contributed by atoms with Crippen molar-refractivity contribution < 1.29 is 19.1 Å². The first-order valence-electron chi connectivity index (χ1n) is 7.84. The van der Waals surface area contributed by atoms with Crippen molar-refractivity contribution in [2.45, 2.75) is 18.9 Å². The van der Waals surface area contributed by atoms with Gasteiger partial charge in [0.25, 0.3) is 5.91 Å². The van der Waals surface area contributed by atoms with Gasteiger partial charge in [0.05, 0.1) is 13.7 Å². The quantitative estimate of drug-likeness (QED) is 0.778. The lowest BCUT2D eigenvalue weighted by Gasteiger charge is -2.40. The van der Waals surface area contributed by atoms with Crippen molar-refractivity contribution in [2.75, 3.05) is 26.7 Å². The van der Waals surface area contributed by atoms with E-state index in [0.717, 1.165) is 12.8 Å². The van der Waals surface area contributed by atoms with Crippen molar-refractivity contribution in [1.82, 2.24) is 9.80 Å². The van der Waals surface area contributed by atoms with Crippen LogP contribution in [0.15, 0.2) is 30.3 Å². The molecular formula is C17H20N2O4. The molecule has 1 aliphatic heterocycles. The molecule has 1 saturated carbocycles. The topological polar surface area (TPSA) is 66.9 Å². The Morgan fingerprint density at radius 2 is 1.78 bits per heavy atom. The summed E-state index contributed by atoms with van der Waals surface area (Å²) in [5.41, 5.74) is 0.531. The highest BCUT2D eigenvalue weighted by molar-refractivity contribution is 5.97. The molecule has 1 unspecified atom stereocenters. The van der Waals surface area contributed by atoms with E-state index in [2.05, 4.69) is 0 Å². The first-order valence-corrected chi connectivity index (χ1v) is 7.84. The molecule has 1 saturated heterocycles. The van der Waals surface area contributed by atoms with Crippen LogP contribution < -0.4 is 0 Å². The van der Waals surface area contributed by atoms with Gasteiger partial charge in [0.1, 0.15) is 6.04 Å². The molecule has 6 heteroatoms. The van der Waals surface area contributed by atoms with Crippen LogP contribution in [0.5, 0.6) is 0 Å². The van der Waals surface area contributed by atoms with E-state index in [9.17, 15) is 14.4 Å². The average molecular weight is 316 g/mol. The zero-order valence-electron chi connectivity index (χ0n) is 13.1. The van der Waals surface area contributed by atoms with Crippen molar-refractivity contribution >= 4 is 17.8 Å². The predicted molar refractivity (Wildman–Crippen MR) is 82.6 cm³/mol. The molecule has 1 atom stereocenters. The van der Waals surface area contributed by atoms with Crippen LogP contribution in [-0.2, 0) is 14.3 Å². The van der Waals surface area contributed by atoms with Crippen molar-refractivity contribution in [2.24, 2.45) is 5.92 Å². The molecule has 23 heavy (non-hydrogen) atoms. The highest BCUT2D eigenvalue weighted by atomic mass is 16.5. The maximum absolute atomic E-state index is 12.7. The zero-order valence-corrected chi connectivity index (χ0v) is 13.1. The predicted octanol–water partition coefficient (Wildman–Crippen LogP) is 0.923. The summed E-state index contributed by atoms with van der Waals surface area (Å²) in [7, 11) is 1.30. The maximum atomic E-state index is 12.7. The van der Waals surface area contributed by atoms with Crippen LogP contribution in [-0.4, -0.2) is 60.4 Å². The summed E-state index contributed by atoms with van der Waals surface area (Å²) < 4.78 is 4.84. The molecule has 1 aromatic carbocycles. The summed E-state index contributed by atoms with van der Waals surface area (Å²) >= 11 is 0. The second-order valence-corrected chi connectivity index (χ2v) is 5.96. The number of carbonyl (C=O) groups excluding carboxylic acids is 3. The second kappa shape index (κ2) is 6.40. The van der Waals surface area contributed by atoms with Gasteiger partial charge < -0.3 is 14.5 Å². The van der Waals surface area contributed by atoms with Crippen molar-refractivity contribution in [1.29, 1.82) is 0 Å². The van der Waals surface area contributed by atoms with Crippen molar-refractivity contribution in [3.8, 4) is 0 Å². The van der Waals surface area contributed by atoms with Crippen LogP contribution in [0, 0.1) is 5.92 Å². The van der Waals surface area contributed by atoms with Crippen molar-refractivity contribution in [3.05, 3.63) is 35.9 Å². The molecule has 1 heterocycles. The third-order valence-corrected chi connectivity index (χ3v) is 4.37. The number of amides is 2. The van der Waals surface area contributed by atoms with Crippen LogP contribution in [0.4, 0.5) is 0 Å². The number of hydrogen-bond acceptors (Lipinski definition) is 4. The van der Waals surface area contributed by atoms with Crippen LogP contribution in [0.25, 0.3) is 0 Å². The summed E-state index contributed by atoms with van der Waals surface area (Å²) in [6.07, 6.45) is 1.84. The van der Waals surface area contributed by atoms with Gasteiger partial charge in [-0.15, -0.1) is 0 Å². The molecule has 0 aromatic heterocycles. The van der Waals surface area contributed by atoms with Gasteiger partial charge in [-0.3, -0.25) is 9.59 Å². The number of esters is 1. The molecular weight excluding hydrogens is 296 g/mol. The van der Waals surface area contributed by atoms with E-state index in [1.807, 2.05) is 6.07 Å². The van der Waals surface area contributed by atoms with Gasteiger partial charge >= 0.3 is 5.97 Å². The smallest absolute Gasteiger partial charge is 0.330 e. The molecule has 1 aliphatic carbocycles. The summed E-state index contributed by atoms with van der Waals surface area (Å²) in [5, 5.41) is 0. The normalized spacial score (nSPS) is 21.0. The molecule has 2 amide bonds. The van der Waals surface area contributed by atoms with E-state index in [-0.39, 0.29) is 24.3 Å². The largest absolute Gasteiger partial charge is 0.467 e. The number of carbonyl (C=O) groups is 3. The van der Waals surface area contributed by atoms with Crippen LogP contribution in [0.2, 0.25) is 0 Å². The van der Waals surface area contributed by atoms with Crippen molar-refractivity contribution in [3.63, 3.8) is 0 Å². The number of methoxy groups -OCH3 is 1. The molecule has 0 N–H and O–H groups in total. The summed E-state index contributed by atoms with van der Waals surface area (Å²) in [5.74, 6) is -0.502. The molecule has 6 nitrogen and oxygen atoms in total. The van der Waals surface area contributed by atoms with Gasteiger partial charge in [-0.1, -0.05) is 18.2 Å². The fourth-order valence-electron chi connectivity index (χ4n) is 2.90. The minimum absolute atomic E-state index is 0.0886. The number of ether oxygens (including phenoxy) is 1. The summed E-state index contributed by atoms with van der Waals surface area (Å²) in [6, 6.07) is 8.10. The molecule has 2 fully saturated rings. The third-order valence-electron chi connectivity index (χ3n) is 4.37. The van der Waals surface area contributed by atoms with E-state index in [4.69, 9.17) is 4.74 Å². The Morgan fingerprint density at radius 1 is 1.09 bits per heavy atom. The maximum Gasteiger partial charge on any atom is 0.330 e. The number of piperazine rings is 1. The minimum Gasteiger partial charge on any atom is -0.467 e. The average Bonchev–Trinajstić information content (AvgIpc) is 3.45. The Labute approximate surface area is 135 Å². The Hall–Kier alpha value is -2.37. The number of rotatable bonds is 3. The highest BCUT2D eigenvalue weighted by Crippen LogP contribution is 2.32. The Kier molecular flexibility index (Phi) is 4.32. The van der Waals surface area contributed by atoms with Crippen LogP contribution in [0.3, 0.4) is 0 Å². The van der Waals surface area contributed by atoms with Crippen LogP contribution in [0.1, 0.15) is 23.2 Å². The van der Waals surface area contributed by atoms with E-state index in [1.165, 1.54) is 12.0 Å². The van der Waals surface area contributed by atoms with Gasteiger partial charge in [0.15, 0.2) is 0 Å². The number of benzene rings is 1. The van der Waals surface area contributed by atoms with Gasteiger partial charge in [-0.05, 0) is 25.0 Å². The lowest BCUT2D eigenvalue weighted by atomic mass is 10.1. The summed E-state index contributed by atoms with van der Waals surface area (Å²) in [4.78, 5) is 40.2. The first-order chi connectivity index (χ1) is 11.1. The van der Waals surface area contributed by atoms with E-state index >= 15 is 0 Å². The Morgan fingerprint density at radius 3 is 2.39 bits per heavy atom. The molecule has 2 aliphatic rings. The number of hydrogen-bond donors (Lipinski definition) is 0. The fraction of sp³-hybridized carbons (Fsp3) is 0.471. The van der Waals surface area contributed by atoms with Gasteiger partial charge in [-0.25, -0.2) is 4.79 Å². The molecule has 0 spiro atoms. The SMILES string of the molecule is COC(=O)C1CN(C(=O)C2CC2)CCN1C(=O)c1ccccc1. The Bertz CT molecular complexity index is 612. The molecule has 1 aromatic rings. The third kappa shape index (κ3) is 3.21. The molecule has 0 radical (unpaired) electrons. The zero-order chi connectivity index (χ0) is 16.4. The van der Waals surface area contributed by atoms with E-state index < -0.39 is 12.0 Å². The standard InChI is InChI=1S/C17H20N2O4/c1-23-17(22)14-11-18(15(20)13-7-8-13)9-10-19(14)16(21)12-5-3-2-4-6-12/h2-6,13-14H,7-11H2,1H3. The fourth-order valence-corrected chi connectivity index (χ4v) is 2.90. The van der Waals surface area contributed by atoms with Crippen LogP contribution >= 0.6 is 0 Å². The Balaban J connectivity index is 1.78. The lowest BCUT2D eigenvalue weighted by molar-refractivity contribution is -0.150. The molecule has 122 valence electrons. The monoisotopic (exact) mass is 316 g/mol. The van der Waals surface area contributed by atoms with E-state index in [0.29, 0.717) is 18.7 Å². The van der Waals surface area contributed by atoms with Gasteiger partial charge in [0.2, 0.25) is 5.91 Å². The highest BCUT2D eigenvalue weighted by Gasteiger charge is 2.41. The second-order valence-electron chi connectivity index (χ2n) is 5.96. The molecule has 3 rings (SSSR count). The summed E-state index contributed by atoms with van der Waals surface area (Å²) in [6.45, 7) is 1.01. The van der Waals surface area contributed by atoms with Gasteiger partial charge in [-0.2, -0.15) is 0 Å². The number of nitrogens with zero attached hydrogens (tertiary/aromatic N) is 2. The first kappa shape index (κ1) is 15.5. The molecule has 0 bridgehead atoms. The van der Waals surface area contributed by atoms with E-state index in [1.54, 1.807) is 29.2 Å². The lowest BCUT2D eigenvalue weighted by Crippen LogP contribution is -2.59.